The molecule has 0 unspecified atom stereocenters. The SMILES string of the molecule is CC(=O)Nc1ccc(OS(=O)(=O)c2c(Cl)cc(Cl)cc2Cl)cc1. The summed E-state index contributed by atoms with van der Waals surface area (Å²) in [5.74, 6) is -0.202. The van der Waals surface area contributed by atoms with Crippen LogP contribution in [0.5, 0.6) is 5.75 Å². The van der Waals surface area contributed by atoms with Crippen molar-refractivity contribution in [2.24, 2.45) is 0 Å². The average Bonchev–Trinajstić information content (AvgIpc) is 2.38. The van der Waals surface area contributed by atoms with Crippen LogP contribution in [-0.4, -0.2) is 14.3 Å². The Kier molecular flexibility index (Phi) is 5.41. The molecule has 0 radical (unpaired) electrons. The fraction of sp³-hybridized carbons (Fsp3) is 0.0714. The van der Waals surface area contributed by atoms with Gasteiger partial charge in [-0.05, 0) is 36.4 Å². The van der Waals surface area contributed by atoms with E-state index in [1.54, 1.807) is 0 Å². The lowest BCUT2D eigenvalue weighted by Gasteiger charge is -2.11. The van der Waals surface area contributed by atoms with Crippen LogP contribution in [0.3, 0.4) is 0 Å². The molecule has 0 aliphatic carbocycles. The van der Waals surface area contributed by atoms with Gasteiger partial charge in [0.15, 0.2) is 0 Å². The van der Waals surface area contributed by atoms with E-state index >= 15 is 0 Å². The standard InChI is InChI=1S/C14H10Cl3NO4S/c1-8(19)18-10-2-4-11(5-3-10)22-23(20,21)14-12(16)6-9(15)7-13(14)17/h2-7H,1H3,(H,18,19). The number of hydrogen-bond donors (Lipinski definition) is 1. The van der Waals surface area contributed by atoms with Crippen molar-refractivity contribution in [2.45, 2.75) is 11.8 Å². The number of benzene rings is 2. The van der Waals surface area contributed by atoms with E-state index in [0.717, 1.165) is 0 Å². The van der Waals surface area contributed by atoms with Gasteiger partial charge in [0, 0.05) is 17.6 Å². The molecule has 0 saturated carbocycles. The predicted octanol–water partition coefficient (Wildman–Crippen LogP) is 4.37. The molecule has 9 heteroatoms. The highest BCUT2D eigenvalue weighted by atomic mass is 35.5. The summed E-state index contributed by atoms with van der Waals surface area (Å²) < 4.78 is 29.6. The lowest BCUT2D eigenvalue weighted by atomic mass is 10.3. The van der Waals surface area contributed by atoms with Crippen LogP contribution >= 0.6 is 34.8 Å². The number of carbonyl (C=O) groups is 1. The van der Waals surface area contributed by atoms with Crippen LogP contribution in [0.4, 0.5) is 5.69 Å². The molecule has 0 aromatic heterocycles. The fourth-order valence-electron chi connectivity index (χ4n) is 1.73. The fourth-order valence-corrected chi connectivity index (χ4v) is 4.16. The Bertz CT molecular complexity index is 828. The molecule has 0 aliphatic heterocycles. The van der Waals surface area contributed by atoms with Gasteiger partial charge in [-0.25, -0.2) is 0 Å². The third kappa shape index (κ3) is 4.51. The lowest BCUT2D eigenvalue weighted by molar-refractivity contribution is -0.114. The monoisotopic (exact) mass is 393 g/mol. The summed E-state index contributed by atoms with van der Waals surface area (Å²) in [6.07, 6.45) is 0. The number of rotatable bonds is 4. The summed E-state index contributed by atoms with van der Waals surface area (Å²) >= 11 is 17.5. The Balaban J connectivity index is 2.30. The van der Waals surface area contributed by atoms with Crippen molar-refractivity contribution >= 4 is 56.5 Å². The molecule has 0 heterocycles. The number of carbonyl (C=O) groups excluding carboxylic acids is 1. The topological polar surface area (TPSA) is 72.5 Å². The number of nitrogens with one attached hydrogen (secondary N) is 1. The number of anilines is 1. The van der Waals surface area contributed by atoms with Gasteiger partial charge in [-0.2, -0.15) is 8.42 Å². The van der Waals surface area contributed by atoms with E-state index in [4.69, 9.17) is 39.0 Å². The van der Waals surface area contributed by atoms with E-state index in [-0.39, 0.29) is 31.6 Å². The van der Waals surface area contributed by atoms with Gasteiger partial charge in [-0.3, -0.25) is 4.79 Å². The first kappa shape index (κ1) is 17.9. The van der Waals surface area contributed by atoms with Gasteiger partial charge >= 0.3 is 10.1 Å². The van der Waals surface area contributed by atoms with Crippen LogP contribution < -0.4 is 9.50 Å². The molecule has 2 rings (SSSR count). The molecule has 0 fully saturated rings. The maximum atomic E-state index is 12.3. The van der Waals surface area contributed by atoms with E-state index in [1.807, 2.05) is 0 Å². The Labute approximate surface area is 148 Å². The minimum Gasteiger partial charge on any atom is -0.379 e. The summed E-state index contributed by atoms with van der Waals surface area (Å²) in [5, 5.41) is 2.47. The highest BCUT2D eigenvalue weighted by molar-refractivity contribution is 7.87. The largest absolute Gasteiger partial charge is 0.379 e. The molecule has 5 nitrogen and oxygen atoms in total. The van der Waals surface area contributed by atoms with Crippen molar-refractivity contribution in [1.29, 1.82) is 0 Å². The lowest BCUT2D eigenvalue weighted by Crippen LogP contribution is -2.11. The Hall–Kier alpha value is -1.47. The van der Waals surface area contributed by atoms with Crippen molar-refractivity contribution in [3.63, 3.8) is 0 Å². The Morgan fingerprint density at radius 3 is 2.04 bits per heavy atom. The van der Waals surface area contributed by atoms with E-state index in [0.29, 0.717) is 5.69 Å². The number of hydrogen-bond acceptors (Lipinski definition) is 4. The van der Waals surface area contributed by atoms with Crippen molar-refractivity contribution in [1.82, 2.24) is 0 Å². The first-order valence-electron chi connectivity index (χ1n) is 6.16. The Morgan fingerprint density at radius 1 is 1.04 bits per heavy atom. The van der Waals surface area contributed by atoms with Gasteiger partial charge in [0.05, 0.1) is 10.0 Å². The zero-order chi connectivity index (χ0) is 17.2. The van der Waals surface area contributed by atoms with Crippen LogP contribution in [0.2, 0.25) is 15.1 Å². The molecule has 23 heavy (non-hydrogen) atoms. The second kappa shape index (κ2) is 6.97. The van der Waals surface area contributed by atoms with E-state index in [1.165, 1.54) is 43.3 Å². The molecule has 0 spiro atoms. The summed E-state index contributed by atoms with van der Waals surface area (Å²) in [4.78, 5) is 10.6. The summed E-state index contributed by atoms with van der Waals surface area (Å²) in [7, 11) is -4.24. The van der Waals surface area contributed by atoms with Gasteiger partial charge < -0.3 is 9.50 Å². The van der Waals surface area contributed by atoms with Crippen LogP contribution in [0.15, 0.2) is 41.3 Å². The van der Waals surface area contributed by atoms with Crippen LogP contribution in [-0.2, 0) is 14.9 Å². The zero-order valence-corrected chi connectivity index (χ0v) is 14.7. The maximum Gasteiger partial charge on any atom is 0.342 e. The molecular formula is C14H10Cl3NO4S. The zero-order valence-electron chi connectivity index (χ0n) is 11.6. The van der Waals surface area contributed by atoms with Gasteiger partial charge in [0.25, 0.3) is 0 Å². The minimum absolute atomic E-state index is 0.0428. The van der Waals surface area contributed by atoms with Gasteiger partial charge in [-0.15, -0.1) is 0 Å². The first-order valence-corrected chi connectivity index (χ1v) is 8.70. The summed E-state index contributed by atoms with van der Waals surface area (Å²) in [6.45, 7) is 1.36. The third-order valence-electron chi connectivity index (χ3n) is 2.59. The number of amides is 1. The molecule has 0 bridgehead atoms. The normalized spacial score (nSPS) is 11.1. The molecule has 1 N–H and O–H groups in total. The predicted molar refractivity (Wildman–Crippen MR) is 90.0 cm³/mol. The van der Waals surface area contributed by atoms with Crippen LogP contribution in [0.1, 0.15) is 6.92 Å². The van der Waals surface area contributed by atoms with Crippen LogP contribution in [0, 0.1) is 0 Å². The summed E-state index contributed by atoms with van der Waals surface area (Å²) in [5.41, 5.74) is 0.504. The smallest absolute Gasteiger partial charge is 0.342 e. The van der Waals surface area contributed by atoms with Gasteiger partial charge in [-0.1, -0.05) is 34.8 Å². The molecule has 1 amide bonds. The van der Waals surface area contributed by atoms with Gasteiger partial charge in [0.1, 0.15) is 10.6 Å². The quantitative estimate of drug-likeness (QED) is 0.781. The third-order valence-corrected chi connectivity index (χ3v) is 4.98. The molecular weight excluding hydrogens is 385 g/mol. The molecule has 122 valence electrons. The highest BCUT2D eigenvalue weighted by Gasteiger charge is 2.24. The van der Waals surface area contributed by atoms with Crippen molar-refractivity contribution in [3.8, 4) is 5.75 Å². The second-order valence-electron chi connectivity index (χ2n) is 4.44. The van der Waals surface area contributed by atoms with Crippen molar-refractivity contribution in [3.05, 3.63) is 51.5 Å². The van der Waals surface area contributed by atoms with Crippen molar-refractivity contribution in [2.75, 3.05) is 5.32 Å². The molecule has 0 atom stereocenters. The van der Waals surface area contributed by atoms with Crippen LogP contribution in [0.25, 0.3) is 0 Å². The first-order chi connectivity index (χ1) is 10.7. The van der Waals surface area contributed by atoms with Crippen molar-refractivity contribution < 1.29 is 17.4 Å². The molecule has 0 saturated heterocycles. The highest BCUT2D eigenvalue weighted by Crippen LogP contribution is 2.34. The maximum absolute atomic E-state index is 12.3. The molecule has 0 aliphatic rings. The molecule has 2 aromatic rings. The second-order valence-corrected chi connectivity index (χ2v) is 7.18. The number of halogens is 3. The Morgan fingerprint density at radius 2 is 1.57 bits per heavy atom. The van der Waals surface area contributed by atoms with E-state index in [2.05, 4.69) is 5.32 Å². The summed E-state index contributed by atoms with van der Waals surface area (Å²) in [6, 6.07) is 8.28. The average molecular weight is 395 g/mol. The van der Waals surface area contributed by atoms with Gasteiger partial charge in [0.2, 0.25) is 5.91 Å². The van der Waals surface area contributed by atoms with E-state index < -0.39 is 10.1 Å². The molecule has 2 aromatic carbocycles. The minimum atomic E-state index is -4.24. The van der Waals surface area contributed by atoms with E-state index in [9.17, 15) is 13.2 Å².